The van der Waals surface area contributed by atoms with Crippen molar-refractivity contribution in [1.29, 1.82) is 5.26 Å². The summed E-state index contributed by atoms with van der Waals surface area (Å²) in [5.41, 5.74) is -0.571. The van der Waals surface area contributed by atoms with Crippen molar-refractivity contribution in [2.75, 3.05) is 12.4 Å². The van der Waals surface area contributed by atoms with Gasteiger partial charge < -0.3 is 10.1 Å². The highest BCUT2D eigenvalue weighted by molar-refractivity contribution is 6.00. The maximum atomic E-state index is 11.8. The molecule has 0 fully saturated rings. The van der Waals surface area contributed by atoms with E-state index in [0.717, 1.165) is 7.11 Å². The number of rotatable bonds is 5. The number of methoxy groups -OCH3 is 1. The minimum atomic E-state index is -0.883. The van der Waals surface area contributed by atoms with Gasteiger partial charge in [-0.05, 0) is 11.3 Å². The molecule has 2 rings (SSSR count). The van der Waals surface area contributed by atoms with Crippen LogP contribution < -0.4 is 5.32 Å². The molecule has 23 heavy (non-hydrogen) atoms. The first-order valence-corrected chi connectivity index (χ1v) is 6.04. The highest BCUT2D eigenvalue weighted by Gasteiger charge is 2.24. The van der Waals surface area contributed by atoms with Crippen LogP contribution in [0.3, 0.4) is 0 Å². The first kappa shape index (κ1) is 15.6. The number of hydrogen-bond acceptors (Lipinski definition) is 9. The van der Waals surface area contributed by atoms with E-state index in [-0.39, 0.29) is 22.6 Å². The van der Waals surface area contributed by atoms with Gasteiger partial charge in [0.25, 0.3) is 5.69 Å². The molecule has 0 spiro atoms. The molecule has 0 aliphatic rings. The maximum Gasteiger partial charge on any atom is 0.347 e. The summed E-state index contributed by atoms with van der Waals surface area (Å²) < 4.78 is 4.56. The Labute approximate surface area is 128 Å². The highest BCUT2D eigenvalue weighted by Crippen LogP contribution is 2.27. The van der Waals surface area contributed by atoms with Gasteiger partial charge in [0, 0.05) is 12.3 Å². The van der Waals surface area contributed by atoms with E-state index in [0.29, 0.717) is 0 Å². The lowest BCUT2D eigenvalue weighted by Gasteiger charge is -2.08. The van der Waals surface area contributed by atoms with Gasteiger partial charge in [-0.15, -0.1) is 10.2 Å². The Hall–Kier alpha value is -3.81. The summed E-state index contributed by atoms with van der Waals surface area (Å²) in [6.45, 7) is 0. The van der Waals surface area contributed by atoms with Crippen molar-refractivity contribution in [3.63, 3.8) is 0 Å². The second-order valence-corrected chi connectivity index (χ2v) is 4.00. The number of allylic oxidation sites excluding steroid dienone is 1. The molecule has 0 saturated heterocycles. The number of tetrazole rings is 1. The summed E-state index contributed by atoms with van der Waals surface area (Å²) in [4.78, 5) is 22.2. The van der Waals surface area contributed by atoms with Gasteiger partial charge in [0.15, 0.2) is 5.56 Å². The van der Waals surface area contributed by atoms with Crippen molar-refractivity contribution in [3.05, 3.63) is 45.9 Å². The number of nitriles is 1. The van der Waals surface area contributed by atoms with Crippen molar-refractivity contribution >= 4 is 22.9 Å². The molecule has 0 radical (unpaired) electrons. The Morgan fingerprint density at radius 2 is 2.35 bits per heavy atom. The monoisotopic (exact) mass is 315 g/mol. The molecular weight excluding hydrogens is 306 g/mol. The van der Waals surface area contributed by atoms with Crippen LogP contribution in [0.2, 0.25) is 0 Å². The third kappa shape index (κ3) is 3.27. The average Bonchev–Trinajstić information content (AvgIpc) is 3.08. The van der Waals surface area contributed by atoms with Crippen LogP contribution in [-0.2, 0) is 4.74 Å². The predicted octanol–water partition coefficient (Wildman–Crippen LogP) is 0.871. The Kier molecular flexibility index (Phi) is 4.58. The van der Waals surface area contributed by atoms with Crippen LogP contribution in [0.4, 0.5) is 11.4 Å². The SMILES string of the molecule is COC(=O)c1c(NC=C(C#N)c2nn[nH]n2)cccc1[N+](=O)[O-]. The molecular formula is C12H9N7O4. The first-order chi connectivity index (χ1) is 11.1. The molecule has 2 N–H and O–H groups in total. The Morgan fingerprint density at radius 1 is 1.57 bits per heavy atom. The number of H-pyrrole nitrogens is 1. The lowest BCUT2D eigenvalue weighted by atomic mass is 10.1. The lowest BCUT2D eigenvalue weighted by Crippen LogP contribution is -2.09. The van der Waals surface area contributed by atoms with Crippen LogP contribution in [0.15, 0.2) is 24.4 Å². The van der Waals surface area contributed by atoms with Gasteiger partial charge in [0.1, 0.15) is 11.6 Å². The standard InChI is InChI=1S/C12H9N7O4/c1-23-12(20)10-8(3-2-4-9(10)19(21)22)14-6-7(5-13)11-15-17-18-16-11/h2-4,6,14H,1H3,(H,15,16,17,18). The lowest BCUT2D eigenvalue weighted by molar-refractivity contribution is -0.385. The van der Waals surface area contributed by atoms with Crippen LogP contribution >= 0.6 is 0 Å². The van der Waals surface area contributed by atoms with Crippen LogP contribution in [0.5, 0.6) is 0 Å². The normalized spacial score (nSPS) is 10.7. The van der Waals surface area contributed by atoms with Crippen molar-refractivity contribution in [1.82, 2.24) is 20.6 Å². The number of nitrogens with one attached hydrogen (secondary N) is 2. The van der Waals surface area contributed by atoms with E-state index < -0.39 is 16.6 Å². The average molecular weight is 315 g/mol. The molecule has 11 nitrogen and oxygen atoms in total. The Morgan fingerprint density at radius 3 is 2.91 bits per heavy atom. The molecule has 0 atom stereocenters. The van der Waals surface area contributed by atoms with E-state index in [1.165, 1.54) is 24.4 Å². The fraction of sp³-hybridized carbons (Fsp3) is 0.0833. The summed E-state index contributed by atoms with van der Waals surface area (Å²) in [5.74, 6) is -0.851. The van der Waals surface area contributed by atoms with Crippen molar-refractivity contribution in [2.45, 2.75) is 0 Å². The van der Waals surface area contributed by atoms with Gasteiger partial charge in [-0.1, -0.05) is 6.07 Å². The molecule has 0 unspecified atom stereocenters. The second-order valence-electron chi connectivity index (χ2n) is 4.00. The van der Waals surface area contributed by atoms with E-state index in [1.54, 1.807) is 0 Å². The van der Waals surface area contributed by atoms with Gasteiger partial charge in [-0.2, -0.15) is 10.5 Å². The molecule has 1 heterocycles. The van der Waals surface area contributed by atoms with Crippen molar-refractivity contribution < 1.29 is 14.5 Å². The molecule has 1 aromatic heterocycles. The van der Waals surface area contributed by atoms with Crippen LogP contribution in [0.25, 0.3) is 5.57 Å². The minimum Gasteiger partial charge on any atom is -0.465 e. The number of ether oxygens (including phenoxy) is 1. The number of nitro benzene ring substituents is 1. The number of esters is 1. The second kappa shape index (κ2) is 6.76. The molecule has 116 valence electrons. The number of aromatic amines is 1. The summed E-state index contributed by atoms with van der Waals surface area (Å²) in [5, 5.41) is 35.6. The zero-order chi connectivity index (χ0) is 16.8. The molecule has 0 amide bonds. The number of aromatic nitrogens is 4. The van der Waals surface area contributed by atoms with Crippen LogP contribution in [0.1, 0.15) is 16.2 Å². The number of anilines is 1. The summed E-state index contributed by atoms with van der Waals surface area (Å²) >= 11 is 0. The van der Waals surface area contributed by atoms with Gasteiger partial charge in [-0.25, -0.2) is 4.79 Å². The number of carbonyl (C=O) groups is 1. The van der Waals surface area contributed by atoms with Gasteiger partial charge in [-0.3, -0.25) is 10.1 Å². The fourth-order valence-corrected chi connectivity index (χ4v) is 1.70. The highest BCUT2D eigenvalue weighted by atomic mass is 16.6. The molecule has 11 heteroatoms. The summed E-state index contributed by atoms with van der Waals surface area (Å²) in [7, 11) is 1.11. The van der Waals surface area contributed by atoms with E-state index in [2.05, 4.69) is 30.7 Å². The molecule has 1 aromatic carbocycles. The molecule has 2 aromatic rings. The van der Waals surface area contributed by atoms with E-state index in [9.17, 15) is 14.9 Å². The predicted molar refractivity (Wildman–Crippen MR) is 75.8 cm³/mol. The quantitative estimate of drug-likeness (QED) is 0.353. The smallest absolute Gasteiger partial charge is 0.347 e. The number of carbonyl (C=O) groups excluding carboxylic acids is 1. The Bertz CT molecular complexity index is 807. The van der Waals surface area contributed by atoms with E-state index >= 15 is 0 Å². The number of nitro groups is 1. The molecule has 0 saturated carbocycles. The first-order valence-electron chi connectivity index (χ1n) is 6.04. The van der Waals surface area contributed by atoms with Crippen molar-refractivity contribution in [3.8, 4) is 6.07 Å². The summed E-state index contributed by atoms with van der Waals surface area (Å²) in [6.07, 6.45) is 1.20. The zero-order valence-corrected chi connectivity index (χ0v) is 11.7. The minimum absolute atomic E-state index is 0.0149. The van der Waals surface area contributed by atoms with Crippen molar-refractivity contribution in [2.24, 2.45) is 0 Å². The van der Waals surface area contributed by atoms with Gasteiger partial charge in [0.2, 0.25) is 5.82 Å². The van der Waals surface area contributed by atoms with E-state index in [4.69, 9.17) is 5.26 Å². The number of nitrogens with zero attached hydrogens (tertiary/aromatic N) is 5. The number of benzene rings is 1. The van der Waals surface area contributed by atoms with E-state index in [1.807, 2.05) is 6.07 Å². The maximum absolute atomic E-state index is 11.8. The number of hydrogen-bond donors (Lipinski definition) is 2. The van der Waals surface area contributed by atoms with Crippen LogP contribution in [0, 0.1) is 21.4 Å². The largest absolute Gasteiger partial charge is 0.465 e. The van der Waals surface area contributed by atoms with Crippen LogP contribution in [-0.4, -0.2) is 38.6 Å². The van der Waals surface area contributed by atoms with Gasteiger partial charge >= 0.3 is 5.97 Å². The topological polar surface area (TPSA) is 160 Å². The zero-order valence-electron chi connectivity index (χ0n) is 11.7. The third-order valence-corrected chi connectivity index (χ3v) is 2.71. The molecule has 0 bridgehead atoms. The molecule has 0 aliphatic heterocycles. The fourth-order valence-electron chi connectivity index (χ4n) is 1.70. The molecule has 0 aliphatic carbocycles. The third-order valence-electron chi connectivity index (χ3n) is 2.71. The Balaban J connectivity index is 2.44. The van der Waals surface area contributed by atoms with Gasteiger partial charge in [0.05, 0.1) is 17.7 Å². The summed E-state index contributed by atoms with van der Waals surface area (Å²) in [6, 6.07) is 5.83.